The topological polar surface area (TPSA) is 46.2 Å². The van der Waals surface area contributed by atoms with E-state index in [0.717, 1.165) is 11.1 Å². The van der Waals surface area contributed by atoms with Gasteiger partial charge in [-0.15, -0.1) is 0 Å². The Morgan fingerprint density at radius 3 is 2.08 bits per heavy atom. The Morgan fingerprint density at radius 1 is 0.833 bits per heavy atom. The third kappa shape index (κ3) is 3.66. The van der Waals surface area contributed by atoms with Crippen molar-refractivity contribution in [1.29, 1.82) is 0 Å². The lowest BCUT2D eigenvalue weighted by Crippen LogP contribution is -2.13. The van der Waals surface area contributed by atoms with Gasteiger partial charge in [0, 0.05) is 4.47 Å². The van der Waals surface area contributed by atoms with E-state index in [1.54, 1.807) is 24.3 Å². The van der Waals surface area contributed by atoms with Gasteiger partial charge in [0.2, 0.25) is 0 Å². The number of hydrogen-bond donors (Lipinski definition) is 1. The summed E-state index contributed by atoms with van der Waals surface area (Å²) in [4.78, 5) is 0.137. The van der Waals surface area contributed by atoms with Crippen molar-refractivity contribution < 1.29 is 12.8 Å². The normalized spacial score (nSPS) is 11.2. The molecule has 0 radical (unpaired) electrons. The molecule has 0 fully saturated rings. The largest absolute Gasteiger partial charge is 0.278 e. The number of nitrogens with one attached hydrogen (secondary N) is 1. The summed E-state index contributed by atoms with van der Waals surface area (Å²) in [6, 6.07) is 20.0. The van der Waals surface area contributed by atoms with Crippen molar-refractivity contribution in [3.8, 4) is 11.1 Å². The van der Waals surface area contributed by atoms with Gasteiger partial charge in [-0.2, -0.15) is 0 Å². The maximum Gasteiger partial charge on any atom is 0.261 e. The second-order valence-electron chi connectivity index (χ2n) is 5.12. The van der Waals surface area contributed by atoms with E-state index >= 15 is 0 Å². The number of benzene rings is 3. The molecule has 122 valence electrons. The summed E-state index contributed by atoms with van der Waals surface area (Å²) >= 11 is 3.15. The highest BCUT2D eigenvalue weighted by Gasteiger charge is 2.16. The predicted molar refractivity (Wildman–Crippen MR) is 96.8 cm³/mol. The summed E-state index contributed by atoms with van der Waals surface area (Å²) in [7, 11) is -3.75. The van der Waals surface area contributed by atoms with Crippen LogP contribution in [-0.2, 0) is 10.0 Å². The minimum Gasteiger partial charge on any atom is -0.278 e. The molecule has 3 rings (SSSR count). The molecule has 0 bridgehead atoms. The van der Waals surface area contributed by atoms with E-state index in [2.05, 4.69) is 20.7 Å². The lowest BCUT2D eigenvalue weighted by atomic mass is 10.1. The molecule has 0 aromatic heterocycles. The lowest BCUT2D eigenvalue weighted by Gasteiger charge is -2.10. The molecule has 0 aliphatic rings. The van der Waals surface area contributed by atoms with Gasteiger partial charge >= 0.3 is 0 Å². The third-order valence-corrected chi connectivity index (χ3v) is 5.48. The molecular weight excluding hydrogens is 393 g/mol. The van der Waals surface area contributed by atoms with Gasteiger partial charge in [-0.3, -0.25) is 4.72 Å². The van der Waals surface area contributed by atoms with Crippen LogP contribution in [0, 0.1) is 5.82 Å². The SMILES string of the molecule is O=S(=O)(Nc1ccc(F)cc1Br)c1ccc(-c2ccccc2)cc1. The zero-order chi connectivity index (χ0) is 17.2. The first kappa shape index (κ1) is 16.7. The highest BCUT2D eigenvalue weighted by atomic mass is 79.9. The molecule has 0 heterocycles. The fourth-order valence-corrected chi connectivity index (χ4v) is 3.89. The first-order chi connectivity index (χ1) is 11.5. The summed E-state index contributed by atoms with van der Waals surface area (Å²) in [5, 5.41) is 0. The van der Waals surface area contributed by atoms with Crippen LogP contribution in [0.25, 0.3) is 11.1 Å². The van der Waals surface area contributed by atoms with Gasteiger partial charge in [0.1, 0.15) is 5.82 Å². The summed E-state index contributed by atoms with van der Waals surface area (Å²) in [6.45, 7) is 0. The first-order valence-electron chi connectivity index (χ1n) is 7.09. The molecule has 1 N–H and O–H groups in total. The Balaban J connectivity index is 1.87. The predicted octanol–water partition coefficient (Wildman–Crippen LogP) is 5.06. The van der Waals surface area contributed by atoms with E-state index in [9.17, 15) is 12.8 Å². The number of hydrogen-bond acceptors (Lipinski definition) is 2. The monoisotopic (exact) mass is 405 g/mol. The Hall–Kier alpha value is -2.18. The van der Waals surface area contributed by atoms with Crippen molar-refractivity contribution in [3.63, 3.8) is 0 Å². The van der Waals surface area contributed by atoms with Gasteiger partial charge in [-0.05, 0) is 57.4 Å². The summed E-state index contributed by atoms with van der Waals surface area (Å²) < 4.78 is 40.8. The van der Waals surface area contributed by atoms with Gasteiger partial charge in [-0.25, -0.2) is 12.8 Å². The Bertz CT molecular complexity index is 958. The van der Waals surface area contributed by atoms with Gasteiger partial charge in [0.25, 0.3) is 10.0 Å². The third-order valence-electron chi connectivity index (χ3n) is 3.45. The van der Waals surface area contributed by atoms with Crippen molar-refractivity contribution in [2.45, 2.75) is 4.90 Å². The summed E-state index contributed by atoms with van der Waals surface area (Å²) in [6.07, 6.45) is 0. The van der Waals surface area contributed by atoms with Gasteiger partial charge in [0.05, 0.1) is 10.6 Å². The smallest absolute Gasteiger partial charge is 0.261 e. The van der Waals surface area contributed by atoms with Crippen molar-refractivity contribution in [1.82, 2.24) is 0 Å². The van der Waals surface area contributed by atoms with Gasteiger partial charge in [0.15, 0.2) is 0 Å². The van der Waals surface area contributed by atoms with Crippen LogP contribution in [0.3, 0.4) is 0 Å². The molecule has 0 spiro atoms. The molecule has 0 saturated carbocycles. The number of sulfonamides is 1. The molecule has 0 saturated heterocycles. The fraction of sp³-hybridized carbons (Fsp3) is 0. The van der Waals surface area contributed by atoms with E-state index < -0.39 is 15.8 Å². The first-order valence-corrected chi connectivity index (χ1v) is 9.37. The molecule has 3 aromatic rings. The van der Waals surface area contributed by atoms with Crippen LogP contribution in [-0.4, -0.2) is 8.42 Å². The van der Waals surface area contributed by atoms with Gasteiger partial charge < -0.3 is 0 Å². The standard InChI is InChI=1S/C18H13BrFNO2S/c19-17-12-15(20)8-11-18(17)21-24(22,23)16-9-6-14(7-10-16)13-4-2-1-3-5-13/h1-12,21H. The highest BCUT2D eigenvalue weighted by molar-refractivity contribution is 9.10. The van der Waals surface area contributed by atoms with Crippen LogP contribution in [0.2, 0.25) is 0 Å². The highest BCUT2D eigenvalue weighted by Crippen LogP contribution is 2.27. The van der Waals surface area contributed by atoms with E-state index in [1.165, 1.54) is 18.2 Å². The minimum absolute atomic E-state index is 0.137. The van der Waals surface area contributed by atoms with E-state index in [4.69, 9.17) is 0 Å². The summed E-state index contributed by atoms with van der Waals surface area (Å²) in [5.41, 5.74) is 2.22. The van der Waals surface area contributed by atoms with Crippen LogP contribution >= 0.6 is 15.9 Å². The van der Waals surface area contributed by atoms with Crippen LogP contribution in [0.5, 0.6) is 0 Å². The van der Waals surface area contributed by atoms with Crippen molar-refractivity contribution in [2.75, 3.05) is 4.72 Å². The Morgan fingerprint density at radius 2 is 1.46 bits per heavy atom. The van der Waals surface area contributed by atoms with Crippen molar-refractivity contribution in [3.05, 3.63) is 83.1 Å². The second-order valence-corrected chi connectivity index (χ2v) is 7.66. The molecule has 0 unspecified atom stereocenters. The quantitative estimate of drug-likeness (QED) is 0.659. The van der Waals surface area contributed by atoms with Crippen LogP contribution in [0.15, 0.2) is 82.2 Å². The zero-order valence-electron chi connectivity index (χ0n) is 12.4. The van der Waals surface area contributed by atoms with Crippen LogP contribution in [0.4, 0.5) is 10.1 Å². The number of halogens is 2. The number of anilines is 1. The van der Waals surface area contributed by atoms with Gasteiger partial charge in [-0.1, -0.05) is 42.5 Å². The fourth-order valence-electron chi connectivity index (χ4n) is 2.23. The molecule has 24 heavy (non-hydrogen) atoms. The number of rotatable bonds is 4. The summed E-state index contributed by atoms with van der Waals surface area (Å²) in [5.74, 6) is -0.447. The molecule has 3 aromatic carbocycles. The van der Waals surface area contributed by atoms with Crippen molar-refractivity contribution >= 4 is 31.6 Å². The molecule has 0 amide bonds. The lowest BCUT2D eigenvalue weighted by molar-refractivity contribution is 0.601. The van der Waals surface area contributed by atoms with E-state index in [-0.39, 0.29) is 10.6 Å². The maximum atomic E-state index is 13.1. The van der Waals surface area contributed by atoms with Crippen LogP contribution < -0.4 is 4.72 Å². The molecular formula is C18H13BrFNO2S. The molecule has 3 nitrogen and oxygen atoms in total. The minimum atomic E-state index is -3.75. The van der Waals surface area contributed by atoms with Crippen molar-refractivity contribution in [2.24, 2.45) is 0 Å². The van der Waals surface area contributed by atoms with Crippen LogP contribution in [0.1, 0.15) is 0 Å². The molecule has 0 aliphatic heterocycles. The molecule has 0 aliphatic carbocycles. The maximum absolute atomic E-state index is 13.1. The second kappa shape index (κ2) is 6.75. The molecule has 6 heteroatoms. The van der Waals surface area contributed by atoms with E-state index in [0.29, 0.717) is 4.47 Å². The average Bonchev–Trinajstić information content (AvgIpc) is 2.58. The molecule has 0 atom stereocenters. The Kier molecular flexibility index (Phi) is 4.69. The van der Waals surface area contributed by atoms with E-state index in [1.807, 2.05) is 30.3 Å². The Labute approximate surface area is 148 Å². The average molecular weight is 406 g/mol. The zero-order valence-corrected chi connectivity index (χ0v) is 14.8.